The summed E-state index contributed by atoms with van der Waals surface area (Å²) in [6.45, 7) is 1.75. The van der Waals surface area contributed by atoms with Gasteiger partial charge in [-0.15, -0.1) is 0 Å². The van der Waals surface area contributed by atoms with Gasteiger partial charge in [-0.3, -0.25) is 0 Å². The molecule has 0 aliphatic carbocycles. The first-order valence-corrected chi connectivity index (χ1v) is 6.19. The monoisotopic (exact) mass is 245 g/mol. The van der Waals surface area contributed by atoms with Crippen LogP contribution in [0, 0.1) is 0 Å². The van der Waals surface area contributed by atoms with E-state index in [9.17, 15) is 0 Å². The number of thioether (sulfide) groups is 1. The Bertz CT molecular complexity index is 357. The van der Waals surface area contributed by atoms with Crippen molar-refractivity contribution < 1.29 is 4.74 Å². The summed E-state index contributed by atoms with van der Waals surface area (Å²) < 4.78 is 5.20. The lowest BCUT2D eigenvalue weighted by Gasteiger charge is -2.39. The lowest BCUT2D eigenvalue weighted by atomic mass is 10.2. The van der Waals surface area contributed by atoms with Gasteiger partial charge in [0.05, 0.1) is 6.10 Å². The molecule has 2 rings (SSSR count). The quantitative estimate of drug-likeness (QED) is 0.460. The molecule has 1 fully saturated rings. The second-order valence-corrected chi connectivity index (χ2v) is 4.46. The molecule has 0 amide bonds. The van der Waals surface area contributed by atoms with Gasteiger partial charge in [-0.2, -0.15) is 0 Å². The van der Waals surface area contributed by atoms with Crippen LogP contribution in [0.1, 0.15) is 0 Å². The highest BCUT2D eigenvalue weighted by Crippen LogP contribution is 2.24. The maximum atomic E-state index is 5.90. The van der Waals surface area contributed by atoms with Crippen molar-refractivity contribution in [2.75, 3.05) is 31.4 Å². The Morgan fingerprint density at radius 3 is 2.87 bits per heavy atom. The van der Waals surface area contributed by atoms with Crippen molar-refractivity contribution in [2.45, 2.75) is 11.3 Å². The molecule has 1 aliphatic rings. The summed E-state index contributed by atoms with van der Waals surface area (Å²) >= 11 is 7.39. The third kappa shape index (κ3) is 2.35. The largest absolute Gasteiger partial charge is 0.378 e. The predicted octanol–water partition coefficient (Wildman–Crippen LogP) is 1.69. The third-order valence-electron chi connectivity index (χ3n) is 2.35. The van der Waals surface area contributed by atoms with Crippen molar-refractivity contribution in [3.63, 3.8) is 0 Å². The van der Waals surface area contributed by atoms with Crippen LogP contribution in [-0.4, -0.2) is 42.5 Å². The van der Waals surface area contributed by atoms with Crippen LogP contribution in [0.15, 0.2) is 11.2 Å². The van der Waals surface area contributed by atoms with E-state index in [1.54, 1.807) is 13.2 Å². The molecule has 2 heterocycles. The molecule has 82 valence electrons. The molecule has 0 N–H and O–H groups in total. The van der Waals surface area contributed by atoms with E-state index in [4.69, 9.17) is 16.3 Å². The fourth-order valence-corrected chi connectivity index (χ4v) is 2.02. The molecule has 0 atom stereocenters. The molecule has 0 unspecified atom stereocenters. The molecule has 1 aliphatic heterocycles. The van der Waals surface area contributed by atoms with E-state index in [2.05, 4.69) is 14.9 Å². The van der Waals surface area contributed by atoms with E-state index in [1.807, 2.05) is 6.26 Å². The minimum atomic E-state index is 0.316. The van der Waals surface area contributed by atoms with E-state index in [0.717, 1.165) is 18.9 Å². The number of hydrogen-bond acceptors (Lipinski definition) is 5. The Labute approximate surface area is 98.0 Å². The predicted molar refractivity (Wildman–Crippen MR) is 61.8 cm³/mol. The van der Waals surface area contributed by atoms with E-state index >= 15 is 0 Å². The van der Waals surface area contributed by atoms with Crippen LogP contribution < -0.4 is 4.90 Å². The fourth-order valence-electron chi connectivity index (χ4n) is 1.41. The number of ether oxygens (including phenoxy) is 1. The molecular formula is C9H12ClN3OS. The van der Waals surface area contributed by atoms with Gasteiger partial charge in [-0.1, -0.05) is 23.4 Å². The molecule has 0 aromatic carbocycles. The number of methoxy groups -OCH3 is 1. The summed E-state index contributed by atoms with van der Waals surface area (Å²) in [5.41, 5.74) is 0. The molecule has 1 aromatic rings. The first-order valence-electron chi connectivity index (χ1n) is 4.59. The van der Waals surface area contributed by atoms with Gasteiger partial charge in [0.25, 0.3) is 0 Å². The average molecular weight is 246 g/mol. The maximum Gasteiger partial charge on any atom is 0.190 e. The smallest absolute Gasteiger partial charge is 0.190 e. The Morgan fingerprint density at radius 2 is 2.27 bits per heavy atom. The molecule has 4 nitrogen and oxygen atoms in total. The van der Waals surface area contributed by atoms with Crippen molar-refractivity contribution in [1.29, 1.82) is 0 Å². The molecule has 1 aromatic heterocycles. The summed E-state index contributed by atoms with van der Waals surface area (Å²) in [6.07, 6.45) is 2.25. The van der Waals surface area contributed by atoms with Crippen molar-refractivity contribution in [1.82, 2.24) is 9.97 Å². The van der Waals surface area contributed by atoms with Gasteiger partial charge in [0.1, 0.15) is 11.0 Å². The van der Waals surface area contributed by atoms with Crippen LogP contribution in [0.25, 0.3) is 0 Å². The first-order chi connectivity index (χ1) is 7.22. The summed E-state index contributed by atoms with van der Waals surface area (Å²) in [5.74, 6) is 0.882. The molecule has 0 radical (unpaired) electrons. The normalized spacial score (nSPS) is 16.6. The summed E-state index contributed by atoms with van der Waals surface area (Å²) in [5, 5.41) is 1.20. The zero-order valence-corrected chi connectivity index (χ0v) is 10.2. The van der Waals surface area contributed by atoms with Gasteiger partial charge in [0, 0.05) is 26.3 Å². The van der Waals surface area contributed by atoms with Crippen molar-refractivity contribution >= 4 is 29.2 Å². The standard InChI is InChI=1S/C9H12ClN3OS/c1-14-6-4-13(5-6)8-3-7(10)11-9(12-8)15-2/h3,6H,4-5H2,1-2H3. The van der Waals surface area contributed by atoms with E-state index < -0.39 is 0 Å². The van der Waals surface area contributed by atoms with E-state index in [-0.39, 0.29) is 0 Å². The summed E-state index contributed by atoms with van der Waals surface area (Å²) in [4.78, 5) is 10.6. The number of aromatic nitrogens is 2. The summed E-state index contributed by atoms with van der Waals surface area (Å²) in [6, 6.07) is 1.78. The Morgan fingerprint density at radius 1 is 1.53 bits per heavy atom. The SMILES string of the molecule is COC1CN(c2cc(Cl)nc(SC)n2)C1. The highest BCUT2D eigenvalue weighted by molar-refractivity contribution is 7.98. The van der Waals surface area contributed by atoms with Crippen LogP contribution in [0.3, 0.4) is 0 Å². The highest BCUT2D eigenvalue weighted by Gasteiger charge is 2.27. The van der Waals surface area contributed by atoms with Gasteiger partial charge >= 0.3 is 0 Å². The van der Waals surface area contributed by atoms with Crippen LogP contribution in [-0.2, 0) is 4.74 Å². The second kappa shape index (κ2) is 4.55. The molecule has 6 heteroatoms. The topological polar surface area (TPSA) is 38.2 Å². The lowest BCUT2D eigenvalue weighted by Crippen LogP contribution is -2.52. The maximum absolute atomic E-state index is 5.90. The van der Waals surface area contributed by atoms with E-state index in [1.165, 1.54) is 11.8 Å². The third-order valence-corrected chi connectivity index (χ3v) is 3.09. The van der Waals surface area contributed by atoms with Gasteiger partial charge < -0.3 is 9.64 Å². The number of nitrogens with zero attached hydrogens (tertiary/aromatic N) is 3. The minimum Gasteiger partial charge on any atom is -0.378 e. The van der Waals surface area contributed by atoms with E-state index in [0.29, 0.717) is 16.4 Å². The Hall–Kier alpha value is -0.520. The van der Waals surface area contributed by atoms with Gasteiger partial charge in [0.2, 0.25) is 0 Å². The van der Waals surface area contributed by atoms with Crippen LogP contribution in [0.5, 0.6) is 0 Å². The molecule has 0 bridgehead atoms. The zero-order valence-electron chi connectivity index (χ0n) is 8.61. The Kier molecular flexibility index (Phi) is 3.33. The highest BCUT2D eigenvalue weighted by atomic mass is 35.5. The fraction of sp³-hybridized carbons (Fsp3) is 0.556. The molecule has 0 saturated carbocycles. The van der Waals surface area contributed by atoms with Crippen LogP contribution in [0.2, 0.25) is 5.15 Å². The number of rotatable bonds is 3. The average Bonchev–Trinajstić information content (AvgIpc) is 2.15. The van der Waals surface area contributed by atoms with Crippen molar-refractivity contribution in [3.05, 3.63) is 11.2 Å². The first kappa shape index (κ1) is 11.0. The van der Waals surface area contributed by atoms with Crippen molar-refractivity contribution in [3.8, 4) is 0 Å². The number of halogens is 1. The second-order valence-electron chi connectivity index (χ2n) is 3.30. The zero-order chi connectivity index (χ0) is 10.8. The van der Waals surface area contributed by atoms with Crippen LogP contribution in [0.4, 0.5) is 5.82 Å². The van der Waals surface area contributed by atoms with Crippen LogP contribution >= 0.6 is 23.4 Å². The molecule has 1 saturated heterocycles. The Balaban J connectivity index is 2.12. The van der Waals surface area contributed by atoms with Gasteiger partial charge in [-0.05, 0) is 6.26 Å². The van der Waals surface area contributed by atoms with Gasteiger partial charge in [-0.25, -0.2) is 9.97 Å². The number of anilines is 1. The van der Waals surface area contributed by atoms with Crippen molar-refractivity contribution in [2.24, 2.45) is 0 Å². The van der Waals surface area contributed by atoms with Gasteiger partial charge in [0.15, 0.2) is 5.16 Å². The lowest BCUT2D eigenvalue weighted by molar-refractivity contribution is 0.0782. The molecule has 15 heavy (non-hydrogen) atoms. The molecule has 0 spiro atoms. The minimum absolute atomic E-state index is 0.316. The molecular weight excluding hydrogens is 234 g/mol. The summed E-state index contributed by atoms with van der Waals surface area (Å²) in [7, 11) is 1.72. The number of hydrogen-bond donors (Lipinski definition) is 0.